The van der Waals surface area contributed by atoms with Gasteiger partial charge in [-0.1, -0.05) is 6.92 Å². The summed E-state index contributed by atoms with van der Waals surface area (Å²) >= 11 is 0. The van der Waals surface area contributed by atoms with E-state index in [0.717, 1.165) is 13.0 Å². The van der Waals surface area contributed by atoms with Gasteiger partial charge in [-0.05, 0) is 31.9 Å². The lowest BCUT2D eigenvalue weighted by molar-refractivity contribution is 0.0230. The van der Waals surface area contributed by atoms with Gasteiger partial charge in [0.05, 0.1) is 12.6 Å². The summed E-state index contributed by atoms with van der Waals surface area (Å²) in [5, 5.41) is 18.7. The Kier molecular flexibility index (Phi) is 3.73. The molecule has 2 atom stereocenters. The molecule has 1 aliphatic rings. The van der Waals surface area contributed by atoms with Crippen molar-refractivity contribution in [2.75, 3.05) is 13.1 Å². The molecule has 0 saturated carbocycles. The van der Waals surface area contributed by atoms with Crippen LogP contribution in [0.25, 0.3) is 0 Å². The van der Waals surface area contributed by atoms with Crippen LogP contribution in [0.1, 0.15) is 35.2 Å². The zero-order chi connectivity index (χ0) is 13.3. The average Bonchev–Trinajstić information content (AvgIpc) is 2.65. The van der Waals surface area contributed by atoms with Gasteiger partial charge in [0.15, 0.2) is 0 Å². The third-order valence-corrected chi connectivity index (χ3v) is 3.55. The Bertz CT molecular complexity index is 440. The molecule has 2 rings (SSSR count). The SMILES string of the molecule is Cc1cc(CN2CCC(C)C(O)C2)oc1C(=O)O. The van der Waals surface area contributed by atoms with Gasteiger partial charge < -0.3 is 14.6 Å². The number of carboxylic acids is 1. The van der Waals surface area contributed by atoms with Gasteiger partial charge in [-0.25, -0.2) is 4.79 Å². The topological polar surface area (TPSA) is 73.9 Å². The maximum absolute atomic E-state index is 10.9. The smallest absolute Gasteiger partial charge is 0.372 e. The lowest BCUT2D eigenvalue weighted by Crippen LogP contribution is -2.42. The Labute approximate surface area is 106 Å². The number of carbonyl (C=O) groups is 1. The maximum Gasteiger partial charge on any atom is 0.372 e. The maximum atomic E-state index is 10.9. The highest BCUT2D eigenvalue weighted by Crippen LogP contribution is 2.21. The molecule has 0 aromatic carbocycles. The van der Waals surface area contributed by atoms with Crippen molar-refractivity contribution >= 4 is 5.97 Å². The summed E-state index contributed by atoms with van der Waals surface area (Å²) < 4.78 is 5.32. The average molecular weight is 253 g/mol. The van der Waals surface area contributed by atoms with Crippen LogP contribution in [0.15, 0.2) is 10.5 Å². The highest BCUT2D eigenvalue weighted by molar-refractivity contribution is 5.86. The summed E-state index contributed by atoms with van der Waals surface area (Å²) in [5.74, 6) is -0.0530. The first-order chi connectivity index (χ1) is 8.47. The van der Waals surface area contributed by atoms with Gasteiger partial charge in [0.2, 0.25) is 5.76 Å². The molecule has 0 spiro atoms. The van der Waals surface area contributed by atoms with Crippen molar-refractivity contribution in [3.05, 3.63) is 23.2 Å². The quantitative estimate of drug-likeness (QED) is 0.853. The molecule has 1 saturated heterocycles. The number of hydrogen-bond acceptors (Lipinski definition) is 4. The first-order valence-corrected chi connectivity index (χ1v) is 6.20. The van der Waals surface area contributed by atoms with Crippen LogP contribution in [0.4, 0.5) is 0 Å². The number of likely N-dealkylation sites (tertiary alicyclic amines) is 1. The van der Waals surface area contributed by atoms with Gasteiger partial charge in [-0.2, -0.15) is 0 Å². The third kappa shape index (κ3) is 2.73. The molecule has 2 heterocycles. The highest BCUT2D eigenvalue weighted by atomic mass is 16.4. The number of aromatic carboxylic acids is 1. The van der Waals surface area contributed by atoms with Crippen LogP contribution in [0, 0.1) is 12.8 Å². The zero-order valence-corrected chi connectivity index (χ0v) is 10.7. The van der Waals surface area contributed by atoms with Gasteiger partial charge in [0.1, 0.15) is 5.76 Å². The van der Waals surface area contributed by atoms with Crippen molar-refractivity contribution in [1.29, 1.82) is 0 Å². The normalized spacial score (nSPS) is 25.3. The fraction of sp³-hybridized carbons (Fsp3) is 0.615. The summed E-state index contributed by atoms with van der Waals surface area (Å²) in [6.45, 7) is 5.84. The summed E-state index contributed by atoms with van der Waals surface area (Å²) in [6, 6.07) is 1.76. The molecule has 0 amide bonds. The van der Waals surface area contributed by atoms with Crippen LogP contribution >= 0.6 is 0 Å². The second-order valence-electron chi connectivity index (χ2n) is 5.10. The predicted octanol–water partition coefficient (Wildman–Crippen LogP) is 1.49. The first-order valence-electron chi connectivity index (χ1n) is 6.20. The van der Waals surface area contributed by atoms with Gasteiger partial charge in [0, 0.05) is 12.1 Å². The summed E-state index contributed by atoms with van der Waals surface area (Å²) in [6.07, 6.45) is 0.640. The van der Waals surface area contributed by atoms with E-state index in [4.69, 9.17) is 9.52 Å². The van der Waals surface area contributed by atoms with E-state index < -0.39 is 5.97 Å². The minimum absolute atomic E-state index is 0.0101. The van der Waals surface area contributed by atoms with Crippen LogP contribution in [0.2, 0.25) is 0 Å². The number of furan rings is 1. The van der Waals surface area contributed by atoms with E-state index >= 15 is 0 Å². The molecule has 1 fully saturated rings. The summed E-state index contributed by atoms with van der Waals surface area (Å²) in [5.41, 5.74) is 0.642. The van der Waals surface area contributed by atoms with E-state index in [9.17, 15) is 9.90 Å². The summed E-state index contributed by atoms with van der Waals surface area (Å²) in [7, 11) is 0. The van der Waals surface area contributed by atoms with Crippen molar-refractivity contribution in [3.8, 4) is 0 Å². The largest absolute Gasteiger partial charge is 0.475 e. The van der Waals surface area contributed by atoms with Crippen LogP contribution < -0.4 is 0 Å². The zero-order valence-electron chi connectivity index (χ0n) is 10.7. The molecule has 5 nitrogen and oxygen atoms in total. The highest BCUT2D eigenvalue weighted by Gasteiger charge is 2.25. The van der Waals surface area contributed by atoms with Gasteiger partial charge in [-0.3, -0.25) is 4.90 Å². The van der Waals surface area contributed by atoms with Crippen LogP contribution in [-0.4, -0.2) is 40.3 Å². The number of β-amino-alcohol motifs (C(OH)–C–C–N with tert-alkyl or cyclic N) is 1. The standard InChI is InChI=1S/C13H19NO4/c1-8-3-4-14(7-11(8)15)6-10-5-9(2)12(18-10)13(16)17/h5,8,11,15H,3-4,6-7H2,1-2H3,(H,16,17). The second kappa shape index (κ2) is 5.12. The monoisotopic (exact) mass is 253 g/mol. The number of carboxylic acid groups (broad SMARTS) is 1. The number of piperidine rings is 1. The van der Waals surface area contributed by atoms with Crippen molar-refractivity contribution in [3.63, 3.8) is 0 Å². The Morgan fingerprint density at radius 1 is 1.61 bits per heavy atom. The molecular weight excluding hydrogens is 234 g/mol. The van der Waals surface area contributed by atoms with E-state index in [-0.39, 0.29) is 11.9 Å². The molecular formula is C13H19NO4. The molecule has 0 radical (unpaired) electrons. The number of aryl methyl sites for hydroxylation is 1. The molecule has 1 aliphatic heterocycles. The number of aliphatic hydroxyl groups is 1. The molecule has 18 heavy (non-hydrogen) atoms. The molecule has 1 aromatic heterocycles. The predicted molar refractivity (Wildman–Crippen MR) is 65.5 cm³/mol. The number of nitrogens with zero attached hydrogens (tertiary/aromatic N) is 1. The minimum atomic E-state index is -1.04. The van der Waals surface area contributed by atoms with Crippen molar-refractivity contribution in [2.24, 2.45) is 5.92 Å². The van der Waals surface area contributed by atoms with Crippen LogP contribution in [0.5, 0.6) is 0 Å². The summed E-state index contributed by atoms with van der Waals surface area (Å²) in [4.78, 5) is 13.0. The number of aliphatic hydroxyl groups excluding tert-OH is 1. The van der Waals surface area contributed by atoms with Crippen LogP contribution in [0.3, 0.4) is 0 Å². The Balaban J connectivity index is 2.02. The van der Waals surface area contributed by atoms with E-state index in [2.05, 4.69) is 4.90 Å². The van der Waals surface area contributed by atoms with Crippen molar-refractivity contribution < 1.29 is 19.4 Å². The Morgan fingerprint density at radius 3 is 2.89 bits per heavy atom. The Hall–Kier alpha value is -1.33. The first kappa shape index (κ1) is 13.1. The van der Waals surface area contributed by atoms with Gasteiger partial charge in [0.25, 0.3) is 0 Å². The Morgan fingerprint density at radius 2 is 2.33 bits per heavy atom. The molecule has 2 N–H and O–H groups in total. The van der Waals surface area contributed by atoms with Gasteiger partial charge >= 0.3 is 5.97 Å². The lowest BCUT2D eigenvalue weighted by Gasteiger charge is -2.33. The molecule has 5 heteroatoms. The third-order valence-electron chi connectivity index (χ3n) is 3.55. The number of rotatable bonds is 3. The van der Waals surface area contributed by atoms with E-state index in [1.807, 2.05) is 6.92 Å². The fourth-order valence-corrected chi connectivity index (χ4v) is 2.32. The fourth-order valence-electron chi connectivity index (χ4n) is 2.32. The van der Waals surface area contributed by atoms with Crippen LogP contribution in [-0.2, 0) is 6.54 Å². The van der Waals surface area contributed by atoms with Gasteiger partial charge in [-0.15, -0.1) is 0 Å². The van der Waals surface area contributed by atoms with E-state index in [1.165, 1.54) is 0 Å². The molecule has 0 aliphatic carbocycles. The van der Waals surface area contributed by atoms with Crippen molar-refractivity contribution in [2.45, 2.75) is 32.9 Å². The molecule has 1 aromatic rings. The molecule has 100 valence electrons. The second-order valence-corrected chi connectivity index (χ2v) is 5.10. The number of hydrogen-bond donors (Lipinski definition) is 2. The van der Waals surface area contributed by atoms with E-state index in [1.54, 1.807) is 13.0 Å². The van der Waals surface area contributed by atoms with Crippen molar-refractivity contribution in [1.82, 2.24) is 4.90 Å². The minimum Gasteiger partial charge on any atom is -0.475 e. The van der Waals surface area contributed by atoms with E-state index in [0.29, 0.717) is 30.3 Å². The molecule has 2 unspecified atom stereocenters. The molecule has 0 bridgehead atoms. The lowest BCUT2D eigenvalue weighted by atomic mass is 9.96.